The Balaban J connectivity index is 2.12. The first kappa shape index (κ1) is 15.0. The molecular formula is C13H16N2O3S2. The predicted octanol–water partition coefficient (Wildman–Crippen LogP) is 1.49. The van der Waals surface area contributed by atoms with Crippen LogP contribution in [-0.2, 0) is 30.0 Å². The molecule has 5 nitrogen and oxygen atoms in total. The molecule has 2 rings (SSSR count). The molecule has 0 aromatic carbocycles. The molecule has 0 bridgehead atoms. The number of aryl methyl sites for hydroxylation is 2. The molecule has 0 spiro atoms. The number of hydrogen-bond acceptors (Lipinski definition) is 4. The maximum absolute atomic E-state index is 12.1. The van der Waals surface area contributed by atoms with E-state index in [2.05, 4.69) is 4.72 Å². The third-order valence-corrected chi connectivity index (χ3v) is 5.99. The standard InChI is InChI=1S/C13H16N2O3S2/c1-3-11-5-7-13(19-11)20(17,18)14-8-10-4-6-12(16)15(2)9-10/h4-7,9,14H,3,8H2,1-2H3. The summed E-state index contributed by atoms with van der Waals surface area (Å²) in [4.78, 5) is 12.3. The fourth-order valence-corrected chi connectivity index (χ4v) is 4.06. The van der Waals surface area contributed by atoms with Gasteiger partial charge in [0.25, 0.3) is 0 Å². The van der Waals surface area contributed by atoms with Gasteiger partial charge in [-0.25, -0.2) is 13.1 Å². The van der Waals surface area contributed by atoms with Crippen molar-refractivity contribution >= 4 is 21.4 Å². The van der Waals surface area contributed by atoms with Crippen LogP contribution in [0.5, 0.6) is 0 Å². The van der Waals surface area contributed by atoms with E-state index in [0.717, 1.165) is 16.9 Å². The van der Waals surface area contributed by atoms with E-state index in [9.17, 15) is 13.2 Å². The number of aromatic nitrogens is 1. The molecule has 0 radical (unpaired) electrons. The summed E-state index contributed by atoms with van der Waals surface area (Å²) in [5.41, 5.74) is 0.616. The third kappa shape index (κ3) is 3.36. The van der Waals surface area contributed by atoms with Crippen molar-refractivity contribution in [1.82, 2.24) is 9.29 Å². The van der Waals surface area contributed by atoms with E-state index >= 15 is 0 Å². The Kier molecular flexibility index (Phi) is 4.42. The largest absolute Gasteiger partial charge is 0.318 e. The molecule has 1 N–H and O–H groups in total. The van der Waals surface area contributed by atoms with Crippen LogP contribution in [0.1, 0.15) is 17.4 Å². The van der Waals surface area contributed by atoms with E-state index in [1.165, 1.54) is 22.0 Å². The second kappa shape index (κ2) is 5.90. The van der Waals surface area contributed by atoms with Crippen molar-refractivity contribution in [2.24, 2.45) is 7.05 Å². The van der Waals surface area contributed by atoms with Crippen LogP contribution in [0.3, 0.4) is 0 Å². The monoisotopic (exact) mass is 312 g/mol. The normalized spacial score (nSPS) is 11.7. The smallest absolute Gasteiger partial charge is 0.250 e. The Morgan fingerprint density at radius 1 is 1.25 bits per heavy atom. The van der Waals surface area contributed by atoms with Crippen LogP contribution >= 0.6 is 11.3 Å². The first-order valence-electron chi connectivity index (χ1n) is 6.16. The van der Waals surface area contributed by atoms with Crippen LogP contribution in [0.2, 0.25) is 0 Å². The highest BCUT2D eigenvalue weighted by Gasteiger charge is 2.16. The summed E-state index contributed by atoms with van der Waals surface area (Å²) in [6.45, 7) is 2.15. The Hall–Kier alpha value is -1.44. The molecule has 0 atom stereocenters. The van der Waals surface area contributed by atoms with Crippen molar-refractivity contribution in [2.75, 3.05) is 0 Å². The van der Waals surface area contributed by atoms with Gasteiger partial charge in [0.15, 0.2) is 0 Å². The molecule has 2 aromatic rings. The molecule has 2 heterocycles. The summed E-state index contributed by atoms with van der Waals surface area (Å²) in [5.74, 6) is 0. The van der Waals surface area contributed by atoms with Crippen LogP contribution in [-0.4, -0.2) is 13.0 Å². The third-order valence-electron chi connectivity index (χ3n) is 2.86. The number of rotatable bonds is 5. The van der Waals surface area contributed by atoms with Gasteiger partial charge in [0.05, 0.1) is 0 Å². The highest BCUT2D eigenvalue weighted by molar-refractivity contribution is 7.91. The SMILES string of the molecule is CCc1ccc(S(=O)(=O)NCc2ccc(=O)n(C)c2)s1. The van der Waals surface area contributed by atoms with Gasteiger partial charge in [-0.1, -0.05) is 13.0 Å². The maximum atomic E-state index is 12.1. The van der Waals surface area contributed by atoms with Gasteiger partial charge >= 0.3 is 0 Å². The minimum Gasteiger partial charge on any atom is -0.318 e. The minimum absolute atomic E-state index is 0.123. The van der Waals surface area contributed by atoms with Crippen molar-refractivity contribution in [3.8, 4) is 0 Å². The Morgan fingerprint density at radius 3 is 2.60 bits per heavy atom. The second-order valence-corrected chi connectivity index (χ2v) is 7.55. The molecule has 0 fully saturated rings. The van der Waals surface area contributed by atoms with Gasteiger partial charge in [-0.2, -0.15) is 0 Å². The van der Waals surface area contributed by atoms with Crippen LogP contribution in [0.15, 0.2) is 39.5 Å². The van der Waals surface area contributed by atoms with Gasteiger partial charge in [-0.3, -0.25) is 4.79 Å². The highest BCUT2D eigenvalue weighted by atomic mass is 32.2. The van der Waals surface area contributed by atoms with Crippen molar-refractivity contribution in [3.63, 3.8) is 0 Å². The molecule has 0 saturated carbocycles. The molecule has 0 aliphatic heterocycles. The van der Waals surface area contributed by atoms with Gasteiger partial charge in [-0.05, 0) is 24.1 Å². The number of hydrogen-bond donors (Lipinski definition) is 1. The van der Waals surface area contributed by atoms with E-state index < -0.39 is 10.0 Å². The van der Waals surface area contributed by atoms with E-state index in [-0.39, 0.29) is 12.1 Å². The lowest BCUT2D eigenvalue weighted by Crippen LogP contribution is -2.24. The molecule has 20 heavy (non-hydrogen) atoms. The van der Waals surface area contributed by atoms with Crippen LogP contribution < -0.4 is 10.3 Å². The molecule has 108 valence electrons. The lowest BCUT2D eigenvalue weighted by atomic mass is 10.3. The average molecular weight is 312 g/mol. The van der Waals surface area contributed by atoms with Crippen molar-refractivity contribution < 1.29 is 8.42 Å². The van der Waals surface area contributed by atoms with Gasteiger partial charge in [0, 0.05) is 30.7 Å². The molecule has 7 heteroatoms. The molecule has 0 aliphatic rings. The Bertz CT molecular complexity index is 760. The molecular weight excluding hydrogens is 296 g/mol. The topological polar surface area (TPSA) is 68.2 Å². The number of sulfonamides is 1. The van der Waals surface area contributed by atoms with E-state index in [1.807, 2.05) is 13.0 Å². The summed E-state index contributed by atoms with van der Waals surface area (Å²) < 4.78 is 28.5. The van der Waals surface area contributed by atoms with Crippen molar-refractivity contribution in [3.05, 3.63) is 51.3 Å². The van der Waals surface area contributed by atoms with E-state index in [1.54, 1.807) is 25.4 Å². The molecule has 0 amide bonds. The first-order chi connectivity index (χ1) is 9.42. The maximum Gasteiger partial charge on any atom is 0.250 e. The van der Waals surface area contributed by atoms with Gasteiger partial charge in [0.1, 0.15) is 4.21 Å². The Labute approximate surface area is 121 Å². The highest BCUT2D eigenvalue weighted by Crippen LogP contribution is 2.21. The minimum atomic E-state index is -3.49. The van der Waals surface area contributed by atoms with Crippen molar-refractivity contribution in [1.29, 1.82) is 0 Å². The predicted molar refractivity (Wildman–Crippen MR) is 79.4 cm³/mol. The lowest BCUT2D eigenvalue weighted by molar-refractivity contribution is 0.583. The summed E-state index contributed by atoms with van der Waals surface area (Å²) in [6, 6.07) is 6.48. The van der Waals surface area contributed by atoms with Gasteiger partial charge in [-0.15, -0.1) is 11.3 Å². The number of nitrogens with one attached hydrogen (secondary N) is 1. The fourth-order valence-electron chi connectivity index (χ4n) is 1.70. The zero-order valence-electron chi connectivity index (χ0n) is 11.3. The quantitative estimate of drug-likeness (QED) is 0.909. The zero-order chi connectivity index (χ0) is 14.8. The van der Waals surface area contributed by atoms with Crippen LogP contribution in [0.4, 0.5) is 0 Å². The molecule has 0 unspecified atom stereocenters. The van der Waals surface area contributed by atoms with Crippen LogP contribution in [0.25, 0.3) is 0 Å². The summed E-state index contributed by atoms with van der Waals surface area (Å²) in [6.07, 6.45) is 2.44. The lowest BCUT2D eigenvalue weighted by Gasteiger charge is -2.06. The van der Waals surface area contributed by atoms with Gasteiger partial charge in [0.2, 0.25) is 15.6 Å². The second-order valence-electron chi connectivity index (χ2n) is 4.39. The molecule has 0 saturated heterocycles. The van der Waals surface area contributed by atoms with E-state index in [0.29, 0.717) is 4.21 Å². The van der Waals surface area contributed by atoms with Crippen molar-refractivity contribution in [2.45, 2.75) is 24.1 Å². The number of nitrogens with zero attached hydrogens (tertiary/aromatic N) is 1. The first-order valence-corrected chi connectivity index (χ1v) is 8.46. The molecule has 2 aromatic heterocycles. The van der Waals surface area contributed by atoms with E-state index in [4.69, 9.17) is 0 Å². The summed E-state index contributed by atoms with van der Waals surface area (Å²) in [7, 11) is -1.86. The molecule has 0 aliphatic carbocycles. The number of thiophene rings is 1. The average Bonchev–Trinajstić information content (AvgIpc) is 2.90. The zero-order valence-corrected chi connectivity index (χ0v) is 12.9. The van der Waals surface area contributed by atoms with Gasteiger partial charge < -0.3 is 4.57 Å². The van der Waals surface area contributed by atoms with Crippen LogP contribution in [0, 0.1) is 0 Å². The number of pyridine rings is 1. The fraction of sp³-hybridized carbons (Fsp3) is 0.308. The summed E-state index contributed by atoms with van der Waals surface area (Å²) in [5, 5.41) is 0. The Morgan fingerprint density at radius 2 is 2.00 bits per heavy atom. The summed E-state index contributed by atoms with van der Waals surface area (Å²) >= 11 is 1.27.